The number of amides is 1. The molecule has 90 valence electrons. The van der Waals surface area contributed by atoms with Gasteiger partial charge in [0.15, 0.2) is 0 Å². The van der Waals surface area contributed by atoms with Gasteiger partial charge in [-0.3, -0.25) is 9.36 Å². The number of halogens is 4. The number of likely N-dealkylation sites (N-methyl/N-ethyl adjacent to an activating group) is 1. The molecule has 2 N–H and O–H groups in total. The lowest BCUT2D eigenvalue weighted by Crippen LogP contribution is -2.39. The number of alkyl halides is 3. The van der Waals surface area contributed by atoms with Crippen molar-refractivity contribution in [1.82, 2.24) is 9.99 Å². The molecule has 1 amide bonds. The molecule has 0 fully saturated rings. The SMILES string of the molecule is CN(CCNC(=O)C(F)(F)F)P(=O)(O)Cl. The van der Waals surface area contributed by atoms with Gasteiger partial charge < -0.3 is 10.2 Å². The quantitative estimate of drug-likeness (QED) is 0.745. The van der Waals surface area contributed by atoms with Crippen LogP contribution in [0.5, 0.6) is 0 Å². The van der Waals surface area contributed by atoms with E-state index in [1.54, 1.807) is 0 Å². The van der Waals surface area contributed by atoms with Crippen molar-refractivity contribution in [3.05, 3.63) is 0 Å². The second-order valence-corrected chi connectivity index (χ2v) is 5.56. The lowest BCUT2D eigenvalue weighted by Gasteiger charge is -2.17. The number of hydrogen-bond acceptors (Lipinski definition) is 2. The van der Waals surface area contributed by atoms with E-state index in [9.17, 15) is 22.5 Å². The highest BCUT2D eigenvalue weighted by Gasteiger charge is 2.38. The Bertz CT molecular complexity index is 279. The molecule has 10 heteroatoms. The monoisotopic (exact) mass is 268 g/mol. The van der Waals surface area contributed by atoms with Crippen molar-refractivity contribution in [3.63, 3.8) is 0 Å². The molecule has 0 heterocycles. The van der Waals surface area contributed by atoms with Crippen molar-refractivity contribution in [2.45, 2.75) is 6.18 Å². The maximum atomic E-state index is 11.7. The van der Waals surface area contributed by atoms with Gasteiger partial charge in [0.25, 0.3) is 0 Å². The van der Waals surface area contributed by atoms with Crippen molar-refractivity contribution in [1.29, 1.82) is 0 Å². The van der Waals surface area contributed by atoms with Gasteiger partial charge in [-0.1, -0.05) is 0 Å². The van der Waals surface area contributed by atoms with Crippen LogP contribution in [0, 0.1) is 0 Å². The van der Waals surface area contributed by atoms with Crippen molar-refractivity contribution in [2.75, 3.05) is 20.1 Å². The Kier molecular flexibility index (Phi) is 5.05. The number of nitrogens with one attached hydrogen (secondary N) is 1. The van der Waals surface area contributed by atoms with E-state index in [-0.39, 0.29) is 6.54 Å². The van der Waals surface area contributed by atoms with Gasteiger partial charge in [0.1, 0.15) is 0 Å². The summed E-state index contributed by atoms with van der Waals surface area (Å²) >= 11 is 4.99. The maximum absolute atomic E-state index is 11.7. The topological polar surface area (TPSA) is 69.6 Å². The normalized spacial score (nSPS) is 16.2. The molecule has 5 nitrogen and oxygen atoms in total. The summed E-state index contributed by atoms with van der Waals surface area (Å²) < 4.78 is 46.4. The Hall–Kier alpha value is -0.300. The molecule has 0 aliphatic heterocycles. The molecule has 0 aliphatic carbocycles. The Morgan fingerprint density at radius 1 is 1.60 bits per heavy atom. The van der Waals surface area contributed by atoms with Gasteiger partial charge in [-0.2, -0.15) is 13.2 Å². The first-order chi connectivity index (χ1) is 6.55. The third-order valence-corrected chi connectivity index (χ3v) is 3.22. The molecule has 0 bridgehead atoms. The van der Waals surface area contributed by atoms with Gasteiger partial charge in [-0.05, 0) is 18.3 Å². The van der Waals surface area contributed by atoms with Crippen LogP contribution in [0.4, 0.5) is 13.2 Å². The van der Waals surface area contributed by atoms with Crippen molar-refractivity contribution >= 4 is 24.0 Å². The third kappa shape index (κ3) is 5.99. The van der Waals surface area contributed by atoms with Crippen LogP contribution in [0.3, 0.4) is 0 Å². The first-order valence-electron chi connectivity index (χ1n) is 3.64. The molecule has 0 saturated carbocycles. The molecule has 1 atom stereocenters. The van der Waals surface area contributed by atoms with E-state index in [2.05, 4.69) is 0 Å². The first kappa shape index (κ1) is 14.7. The van der Waals surface area contributed by atoms with E-state index in [1.165, 1.54) is 5.32 Å². The lowest BCUT2D eigenvalue weighted by atomic mass is 10.5. The molecule has 0 spiro atoms. The standard InChI is InChI=1S/C5H9ClF3N2O3P/c1-11(15(6,13)14)3-2-10-4(12)5(7,8)9/h2-3H2,1H3,(H,10,12)(H,13,14). The van der Waals surface area contributed by atoms with Crippen LogP contribution in [-0.4, -0.2) is 41.8 Å². The third-order valence-electron chi connectivity index (χ3n) is 1.40. The van der Waals surface area contributed by atoms with E-state index in [0.717, 1.165) is 11.7 Å². The Morgan fingerprint density at radius 3 is 2.40 bits per heavy atom. The first-order valence-corrected chi connectivity index (χ1v) is 6.16. The molecule has 15 heavy (non-hydrogen) atoms. The minimum atomic E-state index is -4.96. The second-order valence-electron chi connectivity index (χ2n) is 2.61. The summed E-state index contributed by atoms with van der Waals surface area (Å²) in [6, 6.07) is 0. The summed E-state index contributed by atoms with van der Waals surface area (Å²) in [5, 5.41) is 1.53. The summed E-state index contributed by atoms with van der Waals surface area (Å²) in [5.41, 5.74) is 0. The van der Waals surface area contributed by atoms with Crippen LogP contribution >= 0.6 is 18.1 Å². The lowest BCUT2D eigenvalue weighted by molar-refractivity contribution is -0.173. The van der Waals surface area contributed by atoms with Crippen LogP contribution in [0.15, 0.2) is 0 Å². The fourth-order valence-corrected chi connectivity index (χ4v) is 1.13. The maximum Gasteiger partial charge on any atom is 0.471 e. The summed E-state index contributed by atoms with van der Waals surface area (Å²) in [6.45, 7) is -4.67. The Balaban J connectivity index is 3.92. The zero-order valence-corrected chi connectivity index (χ0v) is 9.23. The molecule has 0 aliphatic rings. The highest BCUT2D eigenvalue weighted by Crippen LogP contribution is 2.48. The molecule has 0 rings (SSSR count). The van der Waals surface area contributed by atoms with Crippen LogP contribution in [0.25, 0.3) is 0 Å². The van der Waals surface area contributed by atoms with Crippen LogP contribution in [0.2, 0.25) is 0 Å². The second kappa shape index (κ2) is 5.16. The van der Waals surface area contributed by atoms with Gasteiger partial charge >= 0.3 is 19.0 Å². The van der Waals surface area contributed by atoms with E-state index in [0.29, 0.717) is 0 Å². The number of nitrogens with zero attached hydrogens (tertiary/aromatic N) is 1. The number of carbonyl (C=O) groups is 1. The molecule has 0 radical (unpaired) electrons. The largest absolute Gasteiger partial charge is 0.471 e. The Morgan fingerprint density at radius 2 is 2.07 bits per heavy atom. The fraction of sp³-hybridized carbons (Fsp3) is 0.800. The molecular formula is C5H9ClF3N2O3P. The van der Waals surface area contributed by atoms with Crippen LogP contribution in [-0.2, 0) is 9.36 Å². The minimum Gasteiger partial charge on any atom is -0.347 e. The van der Waals surface area contributed by atoms with Gasteiger partial charge in [-0.25, -0.2) is 4.67 Å². The van der Waals surface area contributed by atoms with E-state index in [1.807, 2.05) is 0 Å². The number of hydrogen-bond donors (Lipinski definition) is 2. The summed E-state index contributed by atoms with van der Waals surface area (Å²) in [7, 11) is 1.15. The number of rotatable bonds is 4. The molecule has 0 aromatic rings. The van der Waals surface area contributed by atoms with Gasteiger partial charge in [-0.15, -0.1) is 0 Å². The summed E-state index contributed by atoms with van der Waals surface area (Å²) in [6.07, 6.45) is -4.96. The van der Waals surface area contributed by atoms with E-state index >= 15 is 0 Å². The summed E-state index contributed by atoms with van der Waals surface area (Å²) in [4.78, 5) is 19.0. The average Bonchev–Trinajstić information content (AvgIpc) is 2.00. The molecule has 0 aromatic carbocycles. The van der Waals surface area contributed by atoms with Gasteiger partial charge in [0.05, 0.1) is 0 Å². The van der Waals surface area contributed by atoms with Gasteiger partial charge in [0, 0.05) is 13.1 Å². The molecule has 0 aromatic heterocycles. The van der Waals surface area contributed by atoms with E-state index in [4.69, 9.17) is 16.1 Å². The fourth-order valence-electron chi connectivity index (χ4n) is 0.555. The Labute approximate surface area is 88.5 Å². The van der Waals surface area contributed by atoms with Gasteiger partial charge in [0.2, 0.25) is 0 Å². The predicted molar refractivity (Wildman–Crippen MR) is 47.4 cm³/mol. The van der Waals surface area contributed by atoms with Crippen molar-refractivity contribution < 1.29 is 27.4 Å². The van der Waals surface area contributed by atoms with Crippen LogP contribution < -0.4 is 5.32 Å². The minimum absolute atomic E-state index is 0.265. The van der Waals surface area contributed by atoms with E-state index < -0.39 is 25.5 Å². The van der Waals surface area contributed by atoms with Crippen molar-refractivity contribution in [3.8, 4) is 0 Å². The zero-order chi connectivity index (χ0) is 12.3. The highest BCUT2D eigenvalue weighted by atomic mass is 35.7. The smallest absolute Gasteiger partial charge is 0.347 e. The number of carbonyl (C=O) groups excluding carboxylic acids is 1. The zero-order valence-electron chi connectivity index (χ0n) is 7.58. The summed E-state index contributed by atoms with van der Waals surface area (Å²) in [5.74, 6) is -2.10. The molecular weight excluding hydrogens is 259 g/mol. The molecule has 0 saturated heterocycles. The molecule has 1 unspecified atom stereocenters. The average molecular weight is 269 g/mol. The van der Waals surface area contributed by atoms with Crippen molar-refractivity contribution in [2.24, 2.45) is 0 Å². The highest BCUT2D eigenvalue weighted by molar-refractivity contribution is 7.82. The van der Waals surface area contributed by atoms with Crippen LogP contribution in [0.1, 0.15) is 0 Å². The predicted octanol–water partition coefficient (Wildman–Crippen LogP) is 0.936.